The van der Waals surface area contributed by atoms with Crippen LogP contribution in [0.3, 0.4) is 0 Å². The van der Waals surface area contributed by atoms with E-state index in [0.29, 0.717) is 17.3 Å². The lowest BCUT2D eigenvalue weighted by molar-refractivity contribution is -0.200. The van der Waals surface area contributed by atoms with Gasteiger partial charge in [0.05, 0.1) is 10.7 Å². The minimum atomic E-state index is -4.49. The van der Waals surface area contributed by atoms with Gasteiger partial charge in [-0.1, -0.05) is 31.5 Å². The molecule has 0 heterocycles. The predicted molar refractivity (Wildman–Crippen MR) is 87.6 cm³/mol. The van der Waals surface area contributed by atoms with Gasteiger partial charge in [-0.15, -0.1) is 0 Å². The molecule has 0 spiro atoms. The Morgan fingerprint density at radius 2 is 1.82 bits per heavy atom. The molecule has 0 bridgehead atoms. The van der Waals surface area contributed by atoms with E-state index in [0.717, 1.165) is 0 Å². The van der Waals surface area contributed by atoms with Crippen molar-refractivity contribution in [1.29, 1.82) is 0 Å². The quantitative estimate of drug-likeness (QED) is 0.543. The van der Waals surface area contributed by atoms with Crippen LogP contribution in [-0.2, 0) is 4.43 Å². The third-order valence-corrected chi connectivity index (χ3v) is 6.28. The lowest BCUT2D eigenvalue weighted by Crippen LogP contribution is -2.38. The lowest BCUT2D eigenvalue weighted by Gasteiger charge is -2.32. The highest BCUT2D eigenvalue weighted by Crippen LogP contribution is 2.41. The van der Waals surface area contributed by atoms with Crippen molar-refractivity contribution in [1.82, 2.24) is 0 Å². The number of halogens is 4. The Kier molecular flexibility index (Phi) is 5.98. The number of nitrogens with two attached hydrogens (primary N) is 1. The number of anilines is 1. The van der Waals surface area contributed by atoms with E-state index in [2.05, 4.69) is 0 Å². The molecule has 0 aliphatic carbocycles. The number of alkyl halides is 3. The van der Waals surface area contributed by atoms with Crippen molar-refractivity contribution < 1.29 is 17.6 Å². The zero-order valence-corrected chi connectivity index (χ0v) is 15.3. The Morgan fingerprint density at radius 3 is 2.23 bits per heavy atom. The molecule has 0 aliphatic heterocycles. The fourth-order valence-corrected chi connectivity index (χ4v) is 5.85. The maximum absolute atomic E-state index is 13.5. The highest BCUT2D eigenvalue weighted by Gasteiger charge is 2.45. The molecule has 2 nitrogen and oxygen atoms in total. The molecule has 0 amide bonds. The molecule has 126 valence electrons. The first-order valence-corrected chi connectivity index (χ1v) is 10.6. The van der Waals surface area contributed by atoms with Crippen molar-refractivity contribution in [2.75, 3.05) is 5.73 Å². The highest BCUT2D eigenvalue weighted by atomic mass is 35.5. The molecule has 1 atom stereocenters. The summed E-state index contributed by atoms with van der Waals surface area (Å²) in [7, 11) is -2.46. The van der Waals surface area contributed by atoms with Crippen molar-refractivity contribution in [3.8, 4) is 0 Å². The second kappa shape index (κ2) is 6.80. The monoisotopic (exact) mass is 353 g/mol. The van der Waals surface area contributed by atoms with Crippen molar-refractivity contribution >= 4 is 25.6 Å². The highest BCUT2D eigenvalue weighted by molar-refractivity contribution is 6.71. The molecule has 1 aromatic rings. The summed E-state index contributed by atoms with van der Waals surface area (Å²) < 4.78 is 45.9. The van der Waals surface area contributed by atoms with Crippen molar-refractivity contribution in [2.24, 2.45) is 5.92 Å². The standard InChI is InChI=1S/C15H23ClF3NOSi/c1-9(2)8-22(4,5)21-14(15(17,18)19)11-6-10(3)13(20)12(16)7-11/h6-7,9,14H,8,20H2,1-5H3. The molecule has 0 aliphatic rings. The number of hydrogen-bond donors (Lipinski definition) is 1. The third kappa shape index (κ3) is 5.17. The summed E-state index contributed by atoms with van der Waals surface area (Å²) in [5.74, 6) is 0.285. The van der Waals surface area contributed by atoms with Crippen molar-refractivity contribution in [3.63, 3.8) is 0 Å². The van der Waals surface area contributed by atoms with Crippen molar-refractivity contribution in [3.05, 3.63) is 28.3 Å². The second-order valence-electron chi connectivity index (χ2n) is 6.63. The second-order valence-corrected chi connectivity index (χ2v) is 11.2. The van der Waals surface area contributed by atoms with E-state index in [9.17, 15) is 13.2 Å². The number of aryl methyl sites for hydroxylation is 1. The van der Waals surface area contributed by atoms with Gasteiger partial charge in [0.15, 0.2) is 14.4 Å². The topological polar surface area (TPSA) is 35.2 Å². The van der Waals surface area contributed by atoms with E-state index in [1.54, 1.807) is 20.0 Å². The normalized spacial score (nSPS) is 14.5. The molecule has 1 aromatic carbocycles. The first-order valence-electron chi connectivity index (χ1n) is 7.13. The Hall–Kier alpha value is -0.723. The van der Waals surface area contributed by atoms with Crippen molar-refractivity contribution in [2.45, 2.75) is 52.2 Å². The van der Waals surface area contributed by atoms with Crippen LogP contribution >= 0.6 is 11.6 Å². The van der Waals surface area contributed by atoms with Crippen LogP contribution in [0.1, 0.15) is 31.1 Å². The number of benzene rings is 1. The summed E-state index contributed by atoms with van der Waals surface area (Å²) in [6.07, 6.45) is -6.46. The maximum atomic E-state index is 13.5. The number of hydrogen-bond acceptors (Lipinski definition) is 2. The average Bonchev–Trinajstić information content (AvgIpc) is 2.29. The summed E-state index contributed by atoms with van der Waals surface area (Å²) in [4.78, 5) is 0. The van der Waals surface area contributed by atoms with E-state index >= 15 is 0 Å². The Morgan fingerprint density at radius 1 is 1.27 bits per heavy atom. The molecular formula is C15H23ClF3NOSi. The summed E-state index contributed by atoms with van der Waals surface area (Å²) in [6.45, 7) is 9.19. The van der Waals surface area contributed by atoms with E-state index in [-0.39, 0.29) is 16.5 Å². The first kappa shape index (κ1) is 19.3. The molecule has 0 saturated carbocycles. The molecule has 0 fully saturated rings. The van der Waals surface area contributed by atoms with Crippen LogP contribution in [0.25, 0.3) is 0 Å². The Bertz CT molecular complexity index is 509. The largest absolute Gasteiger partial charge is 0.417 e. The van der Waals surface area contributed by atoms with Gasteiger partial charge in [-0.3, -0.25) is 0 Å². The Balaban J connectivity index is 3.21. The molecule has 2 N–H and O–H groups in total. The smallest absolute Gasteiger partial charge is 0.402 e. The fourth-order valence-electron chi connectivity index (χ4n) is 2.61. The van der Waals surface area contributed by atoms with E-state index < -0.39 is 20.6 Å². The maximum Gasteiger partial charge on any atom is 0.417 e. The van der Waals surface area contributed by atoms with E-state index in [1.165, 1.54) is 12.1 Å². The van der Waals surface area contributed by atoms with E-state index in [4.69, 9.17) is 21.8 Å². The zero-order chi connectivity index (χ0) is 17.3. The van der Waals surface area contributed by atoms with Gasteiger partial charge in [0.1, 0.15) is 0 Å². The molecule has 0 saturated heterocycles. The molecule has 1 rings (SSSR count). The number of nitrogen functional groups attached to an aromatic ring is 1. The first-order chi connectivity index (χ1) is 9.83. The van der Waals surface area contributed by atoms with Gasteiger partial charge >= 0.3 is 6.18 Å². The summed E-state index contributed by atoms with van der Waals surface area (Å²) in [6, 6.07) is 3.31. The molecule has 0 aromatic heterocycles. The minimum Gasteiger partial charge on any atom is -0.402 e. The SMILES string of the molecule is Cc1cc(C(O[Si](C)(C)CC(C)C)C(F)(F)F)cc(Cl)c1N. The van der Waals surface area contributed by atoms with Gasteiger partial charge in [-0.25, -0.2) is 0 Å². The minimum absolute atomic E-state index is 0.00790. The van der Waals surface area contributed by atoms with Gasteiger partial charge < -0.3 is 10.2 Å². The van der Waals surface area contributed by atoms with E-state index in [1.807, 2.05) is 13.8 Å². The average molecular weight is 354 g/mol. The van der Waals surface area contributed by atoms with Crippen LogP contribution in [-0.4, -0.2) is 14.5 Å². The van der Waals surface area contributed by atoms with Gasteiger partial charge in [-0.05, 0) is 49.2 Å². The van der Waals surface area contributed by atoms with Gasteiger partial charge in [-0.2, -0.15) is 13.2 Å². The molecular weight excluding hydrogens is 331 g/mol. The molecule has 1 unspecified atom stereocenters. The van der Waals surface area contributed by atoms with Crippen LogP contribution in [0, 0.1) is 12.8 Å². The summed E-state index contributed by atoms with van der Waals surface area (Å²) >= 11 is 5.93. The van der Waals surface area contributed by atoms with Crippen LogP contribution in [0.5, 0.6) is 0 Å². The van der Waals surface area contributed by atoms with Crippen LogP contribution in [0.4, 0.5) is 18.9 Å². The summed E-state index contributed by atoms with van der Waals surface area (Å²) in [5.41, 5.74) is 6.53. The van der Waals surface area contributed by atoms with Crippen LogP contribution < -0.4 is 5.73 Å². The van der Waals surface area contributed by atoms with Crippen LogP contribution in [0.15, 0.2) is 12.1 Å². The predicted octanol–water partition coefficient (Wildman–Crippen LogP) is 5.71. The zero-order valence-electron chi connectivity index (χ0n) is 13.5. The number of rotatable bonds is 5. The summed E-state index contributed by atoms with van der Waals surface area (Å²) in [5, 5.41) is 0.121. The molecule has 22 heavy (non-hydrogen) atoms. The third-order valence-electron chi connectivity index (χ3n) is 3.30. The lowest BCUT2D eigenvalue weighted by atomic mass is 10.0. The molecule has 0 radical (unpaired) electrons. The van der Waals surface area contributed by atoms with Gasteiger partial charge in [0.2, 0.25) is 0 Å². The van der Waals surface area contributed by atoms with Gasteiger partial charge in [0.25, 0.3) is 0 Å². The van der Waals surface area contributed by atoms with Gasteiger partial charge in [0, 0.05) is 0 Å². The Labute approximate surface area is 135 Å². The fraction of sp³-hybridized carbons (Fsp3) is 0.600. The van der Waals surface area contributed by atoms with Crippen LogP contribution in [0.2, 0.25) is 24.2 Å². The molecule has 7 heteroatoms.